The van der Waals surface area contributed by atoms with Gasteiger partial charge in [-0.25, -0.2) is 9.97 Å². The van der Waals surface area contributed by atoms with Gasteiger partial charge in [0.2, 0.25) is 5.91 Å². The zero-order chi connectivity index (χ0) is 31.6. The van der Waals surface area contributed by atoms with Crippen LogP contribution in [-0.2, 0) is 11.0 Å². The molecule has 0 bridgehead atoms. The molecule has 234 valence electrons. The zero-order valence-corrected chi connectivity index (χ0v) is 24.3. The van der Waals surface area contributed by atoms with Crippen LogP contribution in [-0.4, -0.2) is 80.5 Å². The lowest BCUT2D eigenvalue weighted by Gasteiger charge is -2.16. The summed E-state index contributed by atoms with van der Waals surface area (Å²) >= 11 is 0. The molecule has 4 aromatic rings. The molecular weight excluding hydrogens is 589 g/mol. The first-order valence-corrected chi connectivity index (χ1v) is 14.5. The van der Waals surface area contributed by atoms with Crippen LogP contribution in [0.1, 0.15) is 35.2 Å². The molecule has 4 heterocycles. The Labute approximate surface area is 256 Å². The van der Waals surface area contributed by atoms with Gasteiger partial charge in [0.25, 0.3) is 5.91 Å². The number of ether oxygens (including phenoxy) is 1. The van der Waals surface area contributed by atoms with Crippen molar-refractivity contribution in [3.8, 4) is 11.5 Å². The van der Waals surface area contributed by atoms with Gasteiger partial charge in [-0.2, -0.15) is 18.3 Å². The van der Waals surface area contributed by atoms with E-state index in [9.17, 15) is 22.8 Å². The highest BCUT2D eigenvalue weighted by Gasteiger charge is 2.31. The van der Waals surface area contributed by atoms with Crippen molar-refractivity contribution in [2.75, 3.05) is 37.3 Å². The first-order valence-electron chi connectivity index (χ1n) is 14.5. The number of aromatic amines is 1. The van der Waals surface area contributed by atoms with Crippen molar-refractivity contribution in [1.82, 2.24) is 30.0 Å². The zero-order valence-electron chi connectivity index (χ0n) is 24.3. The number of aromatic nitrogens is 4. The summed E-state index contributed by atoms with van der Waals surface area (Å²) in [5.74, 6) is 0.585. The second kappa shape index (κ2) is 12.6. The number of fused-ring (bicyclic) bond motifs is 1. The Kier molecular flexibility index (Phi) is 8.39. The number of likely N-dealkylation sites (tertiary alicyclic amines) is 1. The summed E-state index contributed by atoms with van der Waals surface area (Å²) in [7, 11) is 2.07. The molecule has 2 fully saturated rings. The molecule has 11 nitrogen and oxygen atoms in total. The van der Waals surface area contributed by atoms with Gasteiger partial charge in [-0.3, -0.25) is 19.6 Å². The molecule has 6 rings (SSSR count). The molecule has 1 atom stereocenters. The predicted molar refractivity (Wildman–Crippen MR) is 161 cm³/mol. The number of benzene rings is 1. The monoisotopic (exact) mass is 620 g/mol. The van der Waals surface area contributed by atoms with E-state index in [0.29, 0.717) is 47.5 Å². The van der Waals surface area contributed by atoms with E-state index in [1.807, 2.05) is 11.0 Å². The van der Waals surface area contributed by atoms with Crippen LogP contribution in [0.4, 0.5) is 24.8 Å². The molecule has 1 aliphatic heterocycles. The minimum atomic E-state index is -4.55. The lowest BCUT2D eigenvalue weighted by atomic mass is 10.2. The molecule has 1 saturated heterocycles. The molecule has 3 aromatic heterocycles. The second-order valence-electron chi connectivity index (χ2n) is 11.1. The fraction of sp³-hybridized carbons (Fsp3) is 0.323. The molecule has 0 spiro atoms. The smallest absolute Gasteiger partial charge is 0.416 e. The maximum atomic E-state index is 13.0. The standard InChI is InChI=1S/C31H31F3N8O3/c1-41(22-6-7-22)15-2-3-26(43)42-16-12-21(18-42)37-29-27-24(11-14-36-28(27)39-40-29)45-23-8-4-19(5-9-23)30(44)38-25-17-20(10-13-35-25)31(32,33)34/h2-5,8-11,13-14,17,21-22H,6-7,12,15-16,18H2,1H3,(H,35,38,44)(H2,36,37,39,40)/b3-2+. The molecule has 2 aliphatic rings. The van der Waals surface area contributed by atoms with Gasteiger partial charge < -0.3 is 20.3 Å². The molecule has 1 aliphatic carbocycles. The van der Waals surface area contributed by atoms with Crippen LogP contribution in [0.5, 0.6) is 11.5 Å². The van der Waals surface area contributed by atoms with Gasteiger partial charge in [0.1, 0.15) is 22.7 Å². The van der Waals surface area contributed by atoms with Crippen molar-refractivity contribution in [3.05, 3.63) is 78.1 Å². The average Bonchev–Trinajstić information content (AvgIpc) is 3.64. The number of carbonyl (C=O) groups is 2. The van der Waals surface area contributed by atoms with E-state index in [4.69, 9.17) is 4.74 Å². The quantitative estimate of drug-likeness (QED) is 0.210. The van der Waals surface area contributed by atoms with E-state index in [2.05, 4.69) is 42.7 Å². The summed E-state index contributed by atoms with van der Waals surface area (Å²) in [6.45, 7) is 1.92. The van der Waals surface area contributed by atoms with E-state index < -0.39 is 17.6 Å². The Balaban J connectivity index is 1.08. The van der Waals surface area contributed by atoms with Crippen LogP contribution in [0.25, 0.3) is 11.0 Å². The third-order valence-corrected chi connectivity index (χ3v) is 7.76. The maximum Gasteiger partial charge on any atom is 0.416 e. The van der Waals surface area contributed by atoms with Crippen LogP contribution in [0.3, 0.4) is 0 Å². The van der Waals surface area contributed by atoms with Gasteiger partial charge in [0.05, 0.1) is 5.56 Å². The van der Waals surface area contributed by atoms with E-state index >= 15 is 0 Å². The number of hydrogen-bond acceptors (Lipinski definition) is 8. The predicted octanol–water partition coefficient (Wildman–Crippen LogP) is 5.08. The Morgan fingerprint density at radius 1 is 1.11 bits per heavy atom. The number of pyridine rings is 2. The van der Waals surface area contributed by atoms with Crippen LogP contribution in [0, 0.1) is 0 Å². The first kappa shape index (κ1) is 30.1. The number of halogens is 3. The molecule has 0 radical (unpaired) electrons. The van der Waals surface area contributed by atoms with Crippen LogP contribution >= 0.6 is 0 Å². The number of amides is 2. The number of alkyl halides is 3. The lowest BCUT2D eigenvalue weighted by Crippen LogP contribution is -2.30. The fourth-order valence-corrected chi connectivity index (χ4v) is 5.14. The summed E-state index contributed by atoms with van der Waals surface area (Å²) in [4.78, 5) is 37.5. The van der Waals surface area contributed by atoms with E-state index in [-0.39, 0.29) is 23.3 Å². The van der Waals surface area contributed by atoms with Gasteiger partial charge in [0.15, 0.2) is 11.5 Å². The summed E-state index contributed by atoms with van der Waals surface area (Å²) < 4.78 is 45.1. The third-order valence-electron chi connectivity index (χ3n) is 7.76. The van der Waals surface area contributed by atoms with E-state index in [1.165, 1.54) is 25.0 Å². The molecule has 1 saturated carbocycles. The number of likely N-dealkylation sites (N-methyl/N-ethyl adjacent to an activating group) is 1. The van der Waals surface area contributed by atoms with E-state index in [1.54, 1.807) is 30.5 Å². The van der Waals surface area contributed by atoms with Gasteiger partial charge in [-0.05, 0) is 62.7 Å². The highest BCUT2D eigenvalue weighted by Crippen LogP contribution is 2.34. The van der Waals surface area contributed by atoms with E-state index in [0.717, 1.165) is 31.3 Å². The average molecular weight is 621 g/mol. The molecule has 2 amide bonds. The second-order valence-corrected chi connectivity index (χ2v) is 11.1. The van der Waals surface area contributed by atoms with Crippen LogP contribution < -0.4 is 15.4 Å². The number of hydrogen-bond donors (Lipinski definition) is 3. The van der Waals surface area contributed by atoms with Gasteiger partial charge in [0, 0.05) is 61.8 Å². The summed E-state index contributed by atoms with van der Waals surface area (Å²) in [6, 6.07) is 10.1. The Hall–Kier alpha value is -4.98. The molecule has 3 N–H and O–H groups in total. The number of nitrogens with zero attached hydrogens (tertiary/aromatic N) is 5. The number of anilines is 2. The maximum absolute atomic E-state index is 13.0. The highest BCUT2D eigenvalue weighted by molar-refractivity contribution is 6.03. The topological polar surface area (TPSA) is 128 Å². The lowest BCUT2D eigenvalue weighted by molar-refractivity contribution is -0.137. The van der Waals surface area contributed by atoms with Gasteiger partial charge in [-0.15, -0.1) is 0 Å². The third kappa shape index (κ3) is 7.23. The molecule has 14 heteroatoms. The minimum Gasteiger partial charge on any atom is -0.456 e. The van der Waals surface area contributed by atoms with Gasteiger partial charge in [-0.1, -0.05) is 6.08 Å². The van der Waals surface area contributed by atoms with Crippen molar-refractivity contribution in [3.63, 3.8) is 0 Å². The summed E-state index contributed by atoms with van der Waals surface area (Å²) in [5.41, 5.74) is -0.197. The SMILES string of the molecule is CN(C/C=C/C(=O)N1CCC(Nc2n[nH]c3nccc(Oc4ccc(C(=O)Nc5cc(C(F)(F)F)ccn5)cc4)c23)C1)C1CC1. The van der Waals surface area contributed by atoms with Crippen molar-refractivity contribution < 1.29 is 27.5 Å². The normalized spacial score (nSPS) is 16.9. The number of rotatable bonds is 10. The van der Waals surface area contributed by atoms with Crippen molar-refractivity contribution in [1.29, 1.82) is 0 Å². The van der Waals surface area contributed by atoms with Crippen molar-refractivity contribution >= 4 is 34.5 Å². The Morgan fingerprint density at radius 2 is 1.89 bits per heavy atom. The first-order chi connectivity index (χ1) is 21.6. The molecule has 1 aromatic carbocycles. The highest BCUT2D eigenvalue weighted by atomic mass is 19.4. The molecule has 45 heavy (non-hydrogen) atoms. The van der Waals surface area contributed by atoms with Crippen molar-refractivity contribution in [2.24, 2.45) is 0 Å². The van der Waals surface area contributed by atoms with Crippen LogP contribution in [0.2, 0.25) is 0 Å². The summed E-state index contributed by atoms with van der Waals surface area (Å²) in [6.07, 6.45) is 4.78. The molecule has 1 unspecified atom stereocenters. The van der Waals surface area contributed by atoms with Crippen LogP contribution in [0.15, 0.2) is 67.0 Å². The fourth-order valence-electron chi connectivity index (χ4n) is 5.14. The Morgan fingerprint density at radius 3 is 2.64 bits per heavy atom. The number of nitrogens with one attached hydrogen (secondary N) is 3. The molecular formula is C31H31F3N8O3. The minimum absolute atomic E-state index is 0.00992. The number of H-pyrrole nitrogens is 1. The Bertz CT molecular complexity index is 1720. The van der Waals surface area contributed by atoms with Crippen molar-refractivity contribution in [2.45, 2.75) is 37.5 Å². The van der Waals surface area contributed by atoms with Gasteiger partial charge >= 0.3 is 6.18 Å². The largest absolute Gasteiger partial charge is 0.456 e. The summed E-state index contributed by atoms with van der Waals surface area (Å²) in [5, 5.41) is 13.7. The number of carbonyl (C=O) groups excluding carboxylic acids is 2.